The van der Waals surface area contributed by atoms with Crippen LogP contribution in [0.2, 0.25) is 0 Å². The number of nitrogens with one attached hydrogen (secondary N) is 1. The van der Waals surface area contributed by atoms with Crippen LogP contribution in [0.15, 0.2) is 18.3 Å². The SMILES string of the molecule is CNCc1ccnc(N(CCN(C)C)CC(C)C)c1. The van der Waals surface area contributed by atoms with Gasteiger partial charge in [-0.3, -0.25) is 0 Å². The van der Waals surface area contributed by atoms with E-state index in [1.54, 1.807) is 0 Å². The number of aromatic nitrogens is 1. The lowest BCUT2D eigenvalue weighted by Gasteiger charge is -2.27. The minimum atomic E-state index is 0.636. The van der Waals surface area contributed by atoms with Gasteiger partial charge in [-0.25, -0.2) is 4.98 Å². The second kappa shape index (κ2) is 8.12. The van der Waals surface area contributed by atoms with E-state index >= 15 is 0 Å². The normalized spacial score (nSPS) is 11.3. The molecule has 0 aromatic carbocycles. The first-order chi connectivity index (χ1) is 9.02. The molecular formula is C15H28N4. The smallest absolute Gasteiger partial charge is 0.128 e. The van der Waals surface area contributed by atoms with E-state index in [1.165, 1.54) is 5.56 Å². The van der Waals surface area contributed by atoms with Gasteiger partial charge in [-0.05, 0) is 44.8 Å². The van der Waals surface area contributed by atoms with E-state index in [-0.39, 0.29) is 0 Å². The Bertz CT molecular complexity index is 363. The minimum Gasteiger partial charge on any atom is -0.355 e. The summed E-state index contributed by atoms with van der Waals surface area (Å²) in [6.45, 7) is 8.49. The minimum absolute atomic E-state index is 0.636. The average Bonchev–Trinajstić information content (AvgIpc) is 2.34. The van der Waals surface area contributed by atoms with Gasteiger partial charge in [0.2, 0.25) is 0 Å². The van der Waals surface area contributed by atoms with Crippen LogP contribution in [-0.2, 0) is 6.54 Å². The number of pyridine rings is 1. The van der Waals surface area contributed by atoms with Crippen LogP contribution in [0.5, 0.6) is 0 Å². The van der Waals surface area contributed by atoms with Gasteiger partial charge in [-0.1, -0.05) is 13.8 Å². The molecule has 0 fully saturated rings. The molecule has 1 rings (SSSR count). The van der Waals surface area contributed by atoms with Gasteiger partial charge in [-0.15, -0.1) is 0 Å². The first-order valence-electron chi connectivity index (χ1n) is 7.02. The maximum Gasteiger partial charge on any atom is 0.128 e. The Balaban J connectivity index is 2.79. The Morgan fingerprint density at radius 3 is 2.58 bits per heavy atom. The molecule has 1 N–H and O–H groups in total. The summed E-state index contributed by atoms with van der Waals surface area (Å²) in [5.74, 6) is 1.72. The van der Waals surface area contributed by atoms with Crippen LogP contribution in [0.4, 0.5) is 5.82 Å². The molecule has 108 valence electrons. The lowest BCUT2D eigenvalue weighted by Crippen LogP contribution is -2.35. The first kappa shape index (κ1) is 15.9. The Morgan fingerprint density at radius 2 is 2.00 bits per heavy atom. The third-order valence-electron chi connectivity index (χ3n) is 2.92. The van der Waals surface area contributed by atoms with Crippen molar-refractivity contribution in [3.05, 3.63) is 23.9 Å². The molecule has 0 aliphatic carbocycles. The van der Waals surface area contributed by atoms with Crippen molar-refractivity contribution in [3.63, 3.8) is 0 Å². The van der Waals surface area contributed by atoms with Crippen molar-refractivity contribution in [2.45, 2.75) is 20.4 Å². The molecule has 0 atom stereocenters. The molecule has 0 radical (unpaired) electrons. The van der Waals surface area contributed by atoms with Gasteiger partial charge in [0.05, 0.1) is 0 Å². The van der Waals surface area contributed by atoms with E-state index in [1.807, 2.05) is 13.2 Å². The van der Waals surface area contributed by atoms with Crippen LogP contribution in [0.3, 0.4) is 0 Å². The summed E-state index contributed by atoms with van der Waals surface area (Å²) in [7, 11) is 6.19. The molecule has 4 heteroatoms. The molecule has 0 bridgehead atoms. The van der Waals surface area contributed by atoms with Crippen molar-refractivity contribution in [1.29, 1.82) is 0 Å². The van der Waals surface area contributed by atoms with E-state index in [4.69, 9.17) is 0 Å². The van der Waals surface area contributed by atoms with Crippen molar-refractivity contribution in [2.75, 3.05) is 45.7 Å². The Hall–Kier alpha value is -1.13. The molecule has 0 spiro atoms. The molecule has 0 aliphatic heterocycles. The summed E-state index contributed by atoms with van der Waals surface area (Å²) >= 11 is 0. The van der Waals surface area contributed by atoms with Crippen LogP contribution >= 0.6 is 0 Å². The molecule has 1 aromatic heterocycles. The third kappa shape index (κ3) is 6.03. The van der Waals surface area contributed by atoms with Gasteiger partial charge in [0, 0.05) is 32.4 Å². The summed E-state index contributed by atoms with van der Waals surface area (Å²) in [4.78, 5) is 9.12. The molecule has 0 unspecified atom stereocenters. The molecule has 1 aromatic rings. The molecule has 4 nitrogen and oxygen atoms in total. The van der Waals surface area contributed by atoms with Crippen LogP contribution in [0.1, 0.15) is 19.4 Å². The van der Waals surface area contributed by atoms with Gasteiger partial charge in [0.1, 0.15) is 5.82 Å². The third-order valence-corrected chi connectivity index (χ3v) is 2.92. The largest absolute Gasteiger partial charge is 0.355 e. The fourth-order valence-electron chi connectivity index (χ4n) is 2.01. The molecule has 0 aliphatic rings. The van der Waals surface area contributed by atoms with Crippen molar-refractivity contribution >= 4 is 5.82 Å². The van der Waals surface area contributed by atoms with Gasteiger partial charge in [0.25, 0.3) is 0 Å². The highest BCUT2D eigenvalue weighted by atomic mass is 15.2. The highest BCUT2D eigenvalue weighted by Gasteiger charge is 2.10. The highest BCUT2D eigenvalue weighted by molar-refractivity contribution is 5.41. The number of hydrogen-bond donors (Lipinski definition) is 1. The number of anilines is 1. The average molecular weight is 264 g/mol. The van der Waals surface area contributed by atoms with E-state index < -0.39 is 0 Å². The van der Waals surface area contributed by atoms with Crippen molar-refractivity contribution < 1.29 is 0 Å². The fourth-order valence-corrected chi connectivity index (χ4v) is 2.01. The zero-order valence-corrected chi connectivity index (χ0v) is 13.0. The molecule has 0 amide bonds. The number of hydrogen-bond acceptors (Lipinski definition) is 4. The molecule has 1 heterocycles. The van der Waals surface area contributed by atoms with Crippen molar-refractivity contribution in [3.8, 4) is 0 Å². The zero-order valence-electron chi connectivity index (χ0n) is 13.0. The van der Waals surface area contributed by atoms with Crippen molar-refractivity contribution in [1.82, 2.24) is 15.2 Å². The number of rotatable bonds is 8. The van der Waals surface area contributed by atoms with Crippen LogP contribution in [-0.4, -0.2) is 50.7 Å². The lowest BCUT2D eigenvalue weighted by molar-refractivity contribution is 0.408. The highest BCUT2D eigenvalue weighted by Crippen LogP contribution is 2.14. The zero-order chi connectivity index (χ0) is 14.3. The Kier molecular flexibility index (Phi) is 6.81. The van der Waals surface area contributed by atoms with Gasteiger partial charge < -0.3 is 15.1 Å². The van der Waals surface area contributed by atoms with Crippen LogP contribution in [0, 0.1) is 5.92 Å². The summed E-state index contributed by atoms with van der Waals surface area (Å²) in [5.41, 5.74) is 1.28. The Labute approximate surface area is 117 Å². The van der Waals surface area contributed by atoms with E-state index in [0.717, 1.165) is 32.0 Å². The van der Waals surface area contributed by atoms with Crippen LogP contribution in [0.25, 0.3) is 0 Å². The van der Waals surface area contributed by atoms with E-state index in [9.17, 15) is 0 Å². The van der Waals surface area contributed by atoms with E-state index in [0.29, 0.717) is 5.92 Å². The monoisotopic (exact) mass is 264 g/mol. The van der Waals surface area contributed by atoms with Gasteiger partial charge in [0.15, 0.2) is 0 Å². The predicted octanol–water partition coefficient (Wildman–Crippen LogP) is 1.82. The standard InChI is InChI=1S/C15H28N4/c1-13(2)12-19(9-8-18(4)5)15-10-14(11-16-3)6-7-17-15/h6-7,10,13,16H,8-9,11-12H2,1-5H3. The quantitative estimate of drug-likeness (QED) is 0.776. The second-order valence-electron chi connectivity index (χ2n) is 5.70. The number of likely N-dealkylation sites (N-methyl/N-ethyl adjacent to an activating group) is 1. The summed E-state index contributed by atoms with van der Waals surface area (Å²) in [5, 5.41) is 3.19. The van der Waals surface area contributed by atoms with E-state index in [2.05, 4.69) is 60.2 Å². The molecule has 19 heavy (non-hydrogen) atoms. The lowest BCUT2D eigenvalue weighted by atomic mass is 10.2. The molecule has 0 saturated carbocycles. The maximum atomic E-state index is 4.53. The van der Waals surface area contributed by atoms with Gasteiger partial charge >= 0.3 is 0 Å². The topological polar surface area (TPSA) is 31.4 Å². The summed E-state index contributed by atoms with van der Waals surface area (Å²) in [6, 6.07) is 4.26. The predicted molar refractivity (Wildman–Crippen MR) is 82.6 cm³/mol. The molecule has 0 saturated heterocycles. The van der Waals surface area contributed by atoms with Crippen LogP contribution < -0.4 is 10.2 Å². The molecular weight excluding hydrogens is 236 g/mol. The number of nitrogens with zero attached hydrogens (tertiary/aromatic N) is 3. The Morgan fingerprint density at radius 1 is 1.26 bits per heavy atom. The van der Waals surface area contributed by atoms with Gasteiger partial charge in [-0.2, -0.15) is 0 Å². The summed E-state index contributed by atoms with van der Waals surface area (Å²) in [6.07, 6.45) is 1.91. The first-order valence-corrected chi connectivity index (χ1v) is 7.02. The summed E-state index contributed by atoms with van der Waals surface area (Å²) < 4.78 is 0. The second-order valence-corrected chi connectivity index (χ2v) is 5.70. The fraction of sp³-hybridized carbons (Fsp3) is 0.667. The maximum absolute atomic E-state index is 4.53. The van der Waals surface area contributed by atoms with Crippen molar-refractivity contribution in [2.24, 2.45) is 5.92 Å².